The molecular weight excluding hydrogens is 281 g/mol. The van der Waals surface area contributed by atoms with Crippen LogP contribution in [0.4, 0.5) is 17.6 Å². The minimum atomic E-state index is -4.61. The second kappa shape index (κ2) is 6.19. The smallest absolute Gasteiger partial charge is 0.283 e. The molecule has 0 amide bonds. The second-order valence-electron chi connectivity index (χ2n) is 2.70. The van der Waals surface area contributed by atoms with Gasteiger partial charge in [0.05, 0.1) is 0 Å². The Balaban J connectivity index is 0. The fourth-order valence-electron chi connectivity index (χ4n) is 0.161. The summed E-state index contributed by atoms with van der Waals surface area (Å²) >= 11 is 7.84. The van der Waals surface area contributed by atoms with Crippen LogP contribution in [0.15, 0.2) is 0 Å². The van der Waals surface area contributed by atoms with Crippen molar-refractivity contribution in [2.45, 2.75) is 30.7 Å². The number of carbonyl (C=O) groups excluding carboxylic acids is 1. The van der Waals surface area contributed by atoms with Crippen LogP contribution >= 0.6 is 23.2 Å². The largest absolute Gasteiger partial charge is 0.387 e. The monoisotopic (exact) mass is 287 g/mol. The minimum absolute atomic E-state index is 0.333. The molecule has 0 unspecified atom stereocenters. The standard InChI is InChI=1S/C3Cl2F4O.C3H7NO2/c4-2(6,7)1(10)3(5,8)9;1-3(2)4(5)6/h;3H,1-2H3. The summed E-state index contributed by atoms with van der Waals surface area (Å²) < 4.78 is 45.9. The summed E-state index contributed by atoms with van der Waals surface area (Å²) in [4.78, 5) is 18.9. The summed E-state index contributed by atoms with van der Waals surface area (Å²) in [5.74, 6) is -2.82. The van der Waals surface area contributed by atoms with Crippen LogP contribution in [0.25, 0.3) is 0 Å². The van der Waals surface area contributed by atoms with Crippen molar-refractivity contribution in [2.75, 3.05) is 0 Å². The Kier molecular flexibility index (Phi) is 6.87. The first-order chi connectivity index (χ1) is 6.80. The third kappa shape index (κ3) is 8.66. The molecule has 0 aliphatic carbocycles. The van der Waals surface area contributed by atoms with E-state index >= 15 is 0 Å². The summed E-state index contributed by atoms with van der Waals surface area (Å²) in [5, 5.41) is 0.293. The van der Waals surface area contributed by atoms with E-state index in [1.54, 1.807) is 13.8 Å². The first kappa shape index (κ1) is 17.8. The number of hydrogen-bond acceptors (Lipinski definition) is 3. The lowest BCUT2D eigenvalue weighted by Crippen LogP contribution is -2.34. The second-order valence-corrected chi connectivity index (χ2v) is 3.65. The third-order valence-electron chi connectivity index (χ3n) is 0.937. The van der Waals surface area contributed by atoms with E-state index in [2.05, 4.69) is 23.2 Å². The van der Waals surface area contributed by atoms with Crippen molar-refractivity contribution in [1.82, 2.24) is 0 Å². The summed E-state index contributed by atoms with van der Waals surface area (Å²) in [6, 6.07) is -0.426. The molecule has 16 heavy (non-hydrogen) atoms. The van der Waals surface area contributed by atoms with Gasteiger partial charge in [0.25, 0.3) is 0 Å². The molecule has 10 heteroatoms. The molecule has 0 radical (unpaired) electrons. The maximum atomic E-state index is 11.5. The number of hydrogen-bond donors (Lipinski definition) is 0. The Hall–Kier alpha value is -0.630. The molecule has 0 rings (SSSR count). The molecule has 0 aromatic heterocycles. The summed E-state index contributed by atoms with van der Waals surface area (Å²) in [5.41, 5.74) is 0. The van der Waals surface area contributed by atoms with Crippen molar-refractivity contribution < 1.29 is 27.3 Å². The summed E-state index contributed by atoms with van der Waals surface area (Å²) in [6.07, 6.45) is 0. The number of rotatable bonds is 3. The fourth-order valence-corrected chi connectivity index (χ4v) is 0.446. The van der Waals surface area contributed by atoms with Gasteiger partial charge >= 0.3 is 16.5 Å². The van der Waals surface area contributed by atoms with Gasteiger partial charge in [-0.1, -0.05) is 0 Å². The minimum Gasteiger partial charge on any atom is -0.283 e. The highest BCUT2D eigenvalue weighted by molar-refractivity contribution is 6.41. The van der Waals surface area contributed by atoms with Crippen molar-refractivity contribution in [1.29, 1.82) is 0 Å². The van der Waals surface area contributed by atoms with Gasteiger partial charge in [-0.3, -0.25) is 14.9 Å². The van der Waals surface area contributed by atoms with Gasteiger partial charge in [0.2, 0.25) is 6.04 Å². The Labute approximate surface area is 97.7 Å². The highest BCUT2D eigenvalue weighted by atomic mass is 35.5. The number of ketones is 1. The lowest BCUT2D eigenvalue weighted by Gasteiger charge is -2.09. The van der Waals surface area contributed by atoms with Crippen LogP contribution in [0.2, 0.25) is 0 Å². The predicted molar refractivity (Wildman–Crippen MR) is 48.7 cm³/mol. The lowest BCUT2D eigenvalue weighted by atomic mass is 10.4. The molecule has 96 valence electrons. The Bertz CT molecular complexity index is 245. The highest BCUT2D eigenvalue weighted by Gasteiger charge is 2.51. The van der Waals surface area contributed by atoms with Crippen LogP contribution in [-0.4, -0.2) is 27.5 Å². The number of carbonyl (C=O) groups is 1. The van der Waals surface area contributed by atoms with Gasteiger partial charge in [-0.25, -0.2) is 0 Å². The third-order valence-corrected chi connectivity index (χ3v) is 1.28. The average molecular weight is 288 g/mol. The van der Waals surface area contributed by atoms with E-state index in [0.29, 0.717) is 0 Å². The van der Waals surface area contributed by atoms with Gasteiger partial charge in [0.15, 0.2) is 0 Å². The van der Waals surface area contributed by atoms with Crippen LogP contribution in [0, 0.1) is 10.1 Å². The summed E-state index contributed by atoms with van der Waals surface area (Å²) in [6.45, 7) is 3.08. The number of halogens is 6. The molecule has 0 heterocycles. The van der Waals surface area contributed by atoms with E-state index in [-0.39, 0.29) is 4.92 Å². The molecule has 0 aliphatic heterocycles. The molecule has 0 saturated heterocycles. The van der Waals surface area contributed by atoms with Crippen LogP contribution in [-0.2, 0) is 4.79 Å². The molecule has 0 saturated carbocycles. The molecule has 0 aliphatic rings. The van der Waals surface area contributed by atoms with E-state index in [9.17, 15) is 32.5 Å². The van der Waals surface area contributed by atoms with Gasteiger partial charge < -0.3 is 0 Å². The molecule has 0 spiro atoms. The molecule has 0 atom stereocenters. The van der Waals surface area contributed by atoms with E-state index in [1.807, 2.05) is 0 Å². The van der Waals surface area contributed by atoms with E-state index in [1.165, 1.54) is 0 Å². The maximum absolute atomic E-state index is 11.5. The van der Waals surface area contributed by atoms with E-state index < -0.39 is 22.6 Å². The van der Waals surface area contributed by atoms with Gasteiger partial charge in [-0.05, 0) is 23.2 Å². The molecule has 0 N–H and O–H groups in total. The molecule has 0 aromatic carbocycles. The van der Waals surface area contributed by atoms with Crippen molar-refractivity contribution in [3.05, 3.63) is 10.1 Å². The first-order valence-electron chi connectivity index (χ1n) is 3.62. The maximum Gasteiger partial charge on any atom is 0.387 e. The first-order valence-corrected chi connectivity index (χ1v) is 4.37. The average Bonchev–Trinajstić information content (AvgIpc) is 2.00. The van der Waals surface area contributed by atoms with Crippen LogP contribution in [0.1, 0.15) is 13.8 Å². The Morgan fingerprint density at radius 2 is 1.38 bits per heavy atom. The molecule has 4 nitrogen and oxygen atoms in total. The predicted octanol–water partition coefficient (Wildman–Crippen LogP) is 2.89. The molecule has 0 bridgehead atoms. The van der Waals surface area contributed by atoms with Gasteiger partial charge in [-0.2, -0.15) is 17.6 Å². The van der Waals surface area contributed by atoms with Crippen molar-refractivity contribution in [3.63, 3.8) is 0 Å². The highest BCUT2D eigenvalue weighted by Crippen LogP contribution is 2.32. The quantitative estimate of drug-likeness (QED) is 0.347. The van der Waals surface area contributed by atoms with Crippen LogP contribution in [0.3, 0.4) is 0 Å². The van der Waals surface area contributed by atoms with Crippen LogP contribution < -0.4 is 0 Å². The van der Waals surface area contributed by atoms with Crippen molar-refractivity contribution in [2.24, 2.45) is 0 Å². The zero-order chi connectivity index (χ0) is 13.7. The van der Waals surface area contributed by atoms with Gasteiger partial charge in [0, 0.05) is 18.8 Å². The van der Waals surface area contributed by atoms with Crippen molar-refractivity contribution in [3.8, 4) is 0 Å². The molecule has 0 fully saturated rings. The van der Waals surface area contributed by atoms with Gasteiger partial charge in [0.1, 0.15) is 0 Å². The molecule has 0 aromatic rings. The van der Waals surface area contributed by atoms with E-state index in [0.717, 1.165) is 0 Å². The Morgan fingerprint density at radius 1 is 1.19 bits per heavy atom. The zero-order valence-corrected chi connectivity index (χ0v) is 9.53. The fraction of sp³-hybridized carbons (Fsp3) is 0.833. The number of nitrogens with zero attached hydrogens (tertiary/aromatic N) is 1. The normalized spacial score (nSPS) is 11.8. The Morgan fingerprint density at radius 3 is 1.38 bits per heavy atom. The van der Waals surface area contributed by atoms with Crippen LogP contribution in [0.5, 0.6) is 0 Å². The topological polar surface area (TPSA) is 60.2 Å². The number of nitro groups is 1. The molecular formula is C6H7Cl2F4NO3. The lowest BCUT2D eigenvalue weighted by molar-refractivity contribution is -0.513. The zero-order valence-electron chi connectivity index (χ0n) is 8.02. The van der Waals surface area contributed by atoms with Gasteiger partial charge in [-0.15, -0.1) is 0 Å². The summed E-state index contributed by atoms with van der Waals surface area (Å²) in [7, 11) is 0. The number of Topliss-reactive ketones (excluding diaryl/α,β-unsaturated/α-hetero) is 1. The van der Waals surface area contributed by atoms with Crippen molar-refractivity contribution >= 4 is 29.0 Å². The SMILES string of the molecule is CC(C)[N+](=O)[O-].O=C(C(F)(F)Cl)C(F)(F)Cl. The van der Waals surface area contributed by atoms with E-state index in [4.69, 9.17) is 0 Å². The number of alkyl halides is 6.